The number of sulfonamides is 1. The second-order valence-corrected chi connectivity index (χ2v) is 7.91. The lowest BCUT2D eigenvalue weighted by atomic mass is 10.1. The van der Waals surface area contributed by atoms with Gasteiger partial charge in [-0.15, -0.1) is 0 Å². The summed E-state index contributed by atoms with van der Waals surface area (Å²) in [7, 11) is -3.80. The smallest absolute Gasteiger partial charge is 0.344 e. The fourth-order valence-corrected chi connectivity index (χ4v) is 3.41. The summed E-state index contributed by atoms with van der Waals surface area (Å²) in [6.45, 7) is -0.779. The lowest BCUT2D eigenvalue weighted by Crippen LogP contribution is -2.23. The van der Waals surface area contributed by atoms with Gasteiger partial charge >= 0.3 is 5.97 Å². The minimum atomic E-state index is -3.80. The average molecular weight is 404 g/mol. The average Bonchev–Trinajstić information content (AvgIpc) is 3.12. The van der Waals surface area contributed by atoms with Gasteiger partial charge in [0.25, 0.3) is 5.91 Å². The molecule has 9 heteroatoms. The number of anilines is 1. The van der Waals surface area contributed by atoms with Crippen LogP contribution in [0.5, 0.6) is 5.75 Å². The molecule has 0 aromatic heterocycles. The van der Waals surface area contributed by atoms with E-state index < -0.39 is 28.5 Å². The number of esters is 1. The SMILES string of the molecule is NS(=O)(=O)c1ccc(NC(=O)COC(=O)COc2ccc3c(c2)CCC3)cc1. The third kappa shape index (κ3) is 5.30. The Morgan fingerprint density at radius 2 is 1.71 bits per heavy atom. The first-order valence-corrected chi connectivity index (χ1v) is 10.2. The summed E-state index contributed by atoms with van der Waals surface area (Å²) in [6.07, 6.45) is 3.20. The van der Waals surface area contributed by atoms with Crippen molar-refractivity contribution in [3.63, 3.8) is 0 Å². The zero-order chi connectivity index (χ0) is 20.1. The van der Waals surface area contributed by atoms with Crippen LogP contribution < -0.4 is 15.2 Å². The van der Waals surface area contributed by atoms with E-state index in [1.807, 2.05) is 18.2 Å². The van der Waals surface area contributed by atoms with Crippen LogP contribution in [0.4, 0.5) is 5.69 Å². The molecule has 0 atom stereocenters. The molecule has 8 nitrogen and oxygen atoms in total. The van der Waals surface area contributed by atoms with E-state index in [9.17, 15) is 18.0 Å². The summed E-state index contributed by atoms with van der Waals surface area (Å²) in [4.78, 5) is 23.5. The third-order valence-corrected chi connectivity index (χ3v) is 5.19. The fourth-order valence-electron chi connectivity index (χ4n) is 2.89. The van der Waals surface area contributed by atoms with Crippen LogP contribution in [0.25, 0.3) is 0 Å². The van der Waals surface area contributed by atoms with E-state index in [4.69, 9.17) is 14.6 Å². The Hall–Kier alpha value is -2.91. The molecule has 1 amide bonds. The van der Waals surface area contributed by atoms with Gasteiger partial charge in [0.05, 0.1) is 4.90 Å². The van der Waals surface area contributed by atoms with Gasteiger partial charge in [0, 0.05) is 5.69 Å². The number of benzene rings is 2. The Morgan fingerprint density at radius 1 is 1.00 bits per heavy atom. The van der Waals surface area contributed by atoms with Crippen LogP contribution in [0.15, 0.2) is 47.4 Å². The number of primary sulfonamides is 1. The van der Waals surface area contributed by atoms with Crippen LogP contribution in [-0.2, 0) is 37.2 Å². The van der Waals surface area contributed by atoms with Crippen LogP contribution >= 0.6 is 0 Å². The molecule has 1 aliphatic carbocycles. The Balaban J connectivity index is 1.42. The number of fused-ring (bicyclic) bond motifs is 1. The molecule has 0 spiro atoms. The van der Waals surface area contributed by atoms with Crippen molar-refractivity contribution in [2.45, 2.75) is 24.2 Å². The largest absolute Gasteiger partial charge is 0.482 e. The maximum Gasteiger partial charge on any atom is 0.344 e. The zero-order valence-corrected chi connectivity index (χ0v) is 15.8. The first-order valence-electron chi connectivity index (χ1n) is 8.64. The molecule has 0 fully saturated rings. The molecule has 0 heterocycles. The predicted molar refractivity (Wildman–Crippen MR) is 101 cm³/mol. The van der Waals surface area contributed by atoms with Crippen LogP contribution in [0.1, 0.15) is 17.5 Å². The summed E-state index contributed by atoms with van der Waals surface area (Å²) in [5.74, 6) is -0.633. The van der Waals surface area contributed by atoms with E-state index in [1.54, 1.807) is 0 Å². The van der Waals surface area contributed by atoms with Gasteiger partial charge in [-0.1, -0.05) is 6.07 Å². The van der Waals surface area contributed by atoms with Crippen molar-refractivity contribution in [3.05, 3.63) is 53.6 Å². The summed E-state index contributed by atoms with van der Waals surface area (Å²) >= 11 is 0. The van der Waals surface area contributed by atoms with Gasteiger partial charge in [-0.05, 0) is 66.8 Å². The highest BCUT2D eigenvalue weighted by Gasteiger charge is 2.13. The second-order valence-electron chi connectivity index (χ2n) is 6.35. The van der Waals surface area contributed by atoms with Crippen molar-refractivity contribution >= 4 is 27.6 Å². The number of carbonyl (C=O) groups excluding carboxylic acids is 2. The van der Waals surface area contributed by atoms with Crippen LogP contribution in [0.3, 0.4) is 0 Å². The molecule has 3 rings (SSSR count). The Labute approximate surface area is 162 Å². The minimum Gasteiger partial charge on any atom is -0.482 e. The Morgan fingerprint density at radius 3 is 2.43 bits per heavy atom. The summed E-state index contributed by atoms with van der Waals surface area (Å²) in [5, 5.41) is 7.49. The Bertz CT molecular complexity index is 986. The Kier molecular flexibility index (Phi) is 5.96. The number of hydrogen-bond donors (Lipinski definition) is 2. The van der Waals surface area contributed by atoms with Crippen LogP contribution in [0.2, 0.25) is 0 Å². The number of hydrogen-bond acceptors (Lipinski definition) is 6. The molecule has 0 saturated heterocycles. The van der Waals surface area contributed by atoms with Gasteiger partial charge in [-0.3, -0.25) is 4.79 Å². The molecule has 0 saturated carbocycles. The highest BCUT2D eigenvalue weighted by molar-refractivity contribution is 7.89. The number of nitrogens with two attached hydrogens (primary N) is 1. The van der Waals surface area contributed by atoms with E-state index in [2.05, 4.69) is 5.32 Å². The maximum atomic E-state index is 11.8. The monoisotopic (exact) mass is 404 g/mol. The van der Waals surface area contributed by atoms with E-state index in [1.165, 1.54) is 35.4 Å². The summed E-state index contributed by atoms with van der Waals surface area (Å²) < 4.78 is 32.7. The van der Waals surface area contributed by atoms with Gasteiger partial charge in [-0.2, -0.15) is 0 Å². The van der Waals surface area contributed by atoms with E-state index in [-0.39, 0.29) is 11.5 Å². The molecule has 0 unspecified atom stereocenters. The van der Waals surface area contributed by atoms with Crippen molar-refractivity contribution in [3.8, 4) is 5.75 Å². The highest BCUT2D eigenvalue weighted by Crippen LogP contribution is 2.25. The molecule has 28 heavy (non-hydrogen) atoms. The topological polar surface area (TPSA) is 125 Å². The van der Waals surface area contributed by atoms with E-state index in [0.717, 1.165) is 19.3 Å². The molecule has 0 aliphatic heterocycles. The number of ether oxygens (including phenoxy) is 2. The van der Waals surface area contributed by atoms with Crippen molar-refractivity contribution in [2.75, 3.05) is 18.5 Å². The quantitative estimate of drug-likeness (QED) is 0.672. The second kappa shape index (κ2) is 8.41. The van der Waals surface area contributed by atoms with Crippen LogP contribution in [0, 0.1) is 0 Å². The maximum absolute atomic E-state index is 11.8. The van der Waals surface area contributed by atoms with Gasteiger partial charge in [-0.25, -0.2) is 18.4 Å². The van der Waals surface area contributed by atoms with Crippen molar-refractivity contribution in [2.24, 2.45) is 5.14 Å². The molecule has 0 bridgehead atoms. The van der Waals surface area contributed by atoms with Crippen LogP contribution in [-0.4, -0.2) is 33.5 Å². The number of nitrogens with one attached hydrogen (secondary N) is 1. The fraction of sp³-hybridized carbons (Fsp3) is 0.263. The standard InChI is InChI=1S/C19H20N2O6S/c20-28(24,25)17-8-5-15(6-9-17)21-18(22)11-27-19(23)12-26-16-7-4-13-2-1-3-14(13)10-16/h4-10H,1-3,11-12H2,(H,21,22)(H2,20,24,25). The summed E-state index contributed by atoms with van der Waals surface area (Å²) in [5.41, 5.74) is 2.89. The van der Waals surface area contributed by atoms with Crippen molar-refractivity contribution < 1.29 is 27.5 Å². The molecule has 148 valence electrons. The first-order chi connectivity index (χ1) is 13.3. The molecular formula is C19H20N2O6S. The van der Waals surface area contributed by atoms with Gasteiger partial charge in [0.2, 0.25) is 10.0 Å². The third-order valence-electron chi connectivity index (χ3n) is 4.26. The van der Waals surface area contributed by atoms with Crippen molar-refractivity contribution in [1.29, 1.82) is 0 Å². The minimum absolute atomic E-state index is 0.0689. The summed E-state index contributed by atoms with van der Waals surface area (Å²) in [6, 6.07) is 11.0. The molecule has 1 aliphatic rings. The molecular weight excluding hydrogens is 384 g/mol. The lowest BCUT2D eigenvalue weighted by Gasteiger charge is -2.09. The van der Waals surface area contributed by atoms with E-state index >= 15 is 0 Å². The number of rotatable bonds is 7. The molecule has 2 aromatic carbocycles. The van der Waals surface area contributed by atoms with Gasteiger partial charge in [0.1, 0.15) is 5.75 Å². The predicted octanol–water partition coefficient (Wildman–Crippen LogP) is 1.38. The van der Waals surface area contributed by atoms with Gasteiger partial charge < -0.3 is 14.8 Å². The van der Waals surface area contributed by atoms with E-state index in [0.29, 0.717) is 11.4 Å². The first kappa shape index (κ1) is 19.8. The number of amides is 1. The number of aryl methyl sites for hydroxylation is 2. The van der Waals surface area contributed by atoms with Gasteiger partial charge in [0.15, 0.2) is 13.2 Å². The zero-order valence-electron chi connectivity index (χ0n) is 15.0. The molecule has 3 N–H and O–H groups in total. The molecule has 0 radical (unpaired) electrons. The van der Waals surface area contributed by atoms with Crippen molar-refractivity contribution in [1.82, 2.24) is 0 Å². The highest BCUT2D eigenvalue weighted by atomic mass is 32.2. The normalized spacial score (nSPS) is 12.9. The molecule has 2 aromatic rings. The number of carbonyl (C=O) groups is 2. The lowest BCUT2D eigenvalue weighted by molar-refractivity contribution is -0.149.